The first kappa shape index (κ1) is 19.5. The van der Waals surface area contributed by atoms with Gasteiger partial charge in [0.2, 0.25) is 0 Å². The van der Waals surface area contributed by atoms with E-state index in [2.05, 4.69) is 43.3 Å². The van der Waals surface area contributed by atoms with Crippen LogP contribution in [-0.2, 0) is 12.8 Å². The summed E-state index contributed by atoms with van der Waals surface area (Å²) in [5, 5.41) is 22.2. The molecule has 0 radical (unpaired) electrons. The summed E-state index contributed by atoms with van der Waals surface area (Å²) in [6, 6.07) is 14.8. The average molecular weight is 409 g/mol. The van der Waals surface area contributed by atoms with Crippen molar-refractivity contribution >= 4 is 11.8 Å². The lowest BCUT2D eigenvalue weighted by Crippen LogP contribution is -2.51. The minimum Gasteiger partial charge on any atom is -0.507 e. The Bertz CT molecular complexity index is 910. The third-order valence-electron chi connectivity index (χ3n) is 8.69. The van der Waals surface area contributed by atoms with Crippen molar-refractivity contribution < 1.29 is 10.2 Å². The molecular weight excluding hydrogens is 376 g/mol. The molecule has 0 aromatic heterocycles. The Balaban J connectivity index is 1.46. The molecule has 2 nitrogen and oxygen atoms in total. The number of thioether (sulfide) groups is 1. The van der Waals surface area contributed by atoms with Gasteiger partial charge in [0.1, 0.15) is 5.75 Å². The number of aliphatic hydroxyl groups is 1. The third-order valence-corrected chi connectivity index (χ3v) is 9.45. The maximum absolute atomic E-state index is 11.9. The summed E-state index contributed by atoms with van der Waals surface area (Å²) in [5.74, 6) is 2.27. The highest BCUT2D eigenvalue weighted by atomic mass is 32.2. The Kier molecular flexibility index (Phi) is 4.75. The van der Waals surface area contributed by atoms with Crippen LogP contribution in [-0.4, -0.2) is 22.1 Å². The van der Waals surface area contributed by atoms with Crippen LogP contribution in [0.25, 0.3) is 0 Å². The van der Waals surface area contributed by atoms with Crippen molar-refractivity contribution in [2.45, 2.75) is 68.3 Å². The Morgan fingerprint density at radius 1 is 1.07 bits per heavy atom. The second-order valence-electron chi connectivity index (χ2n) is 9.83. The molecule has 2 aromatic carbocycles. The predicted molar refractivity (Wildman–Crippen MR) is 120 cm³/mol. The number of hydrogen-bond donors (Lipinski definition) is 2. The van der Waals surface area contributed by atoms with Crippen molar-refractivity contribution in [3.8, 4) is 5.75 Å². The first-order valence-electron chi connectivity index (χ1n) is 11.1. The molecule has 2 fully saturated rings. The highest BCUT2D eigenvalue weighted by Crippen LogP contribution is 2.65. The van der Waals surface area contributed by atoms with E-state index in [9.17, 15) is 10.2 Å². The Labute approximate surface area is 178 Å². The first-order valence-corrected chi connectivity index (χ1v) is 12.3. The standard InChI is InChI=1S/C26H32O2S/c1-25-12-10-19-20(9-8-18-14-23(27)24(29-2)15-21(18)19)22(25)11-13-26(25,28)16-17-6-4-3-5-7-17/h3-7,14-15,19-20,22,27-28H,8-13,16H2,1-2H3/t19?,20?,22?,25-,26+/m0/s1. The number of hydrogen-bond acceptors (Lipinski definition) is 3. The van der Waals surface area contributed by atoms with Crippen molar-refractivity contribution in [2.24, 2.45) is 17.3 Å². The molecule has 0 saturated heterocycles. The number of benzene rings is 2. The Morgan fingerprint density at radius 3 is 2.62 bits per heavy atom. The molecule has 3 unspecified atom stereocenters. The van der Waals surface area contributed by atoms with Crippen molar-refractivity contribution in [2.75, 3.05) is 6.26 Å². The molecule has 2 aromatic rings. The molecule has 5 rings (SSSR count). The number of fused-ring (bicyclic) bond motifs is 5. The molecule has 0 amide bonds. The number of aryl methyl sites for hydroxylation is 1. The van der Waals surface area contributed by atoms with Crippen molar-refractivity contribution in [3.63, 3.8) is 0 Å². The van der Waals surface area contributed by atoms with Crippen LogP contribution in [0.4, 0.5) is 0 Å². The van der Waals surface area contributed by atoms with Gasteiger partial charge >= 0.3 is 0 Å². The number of aromatic hydroxyl groups is 1. The van der Waals surface area contributed by atoms with Crippen LogP contribution in [0.1, 0.15) is 61.6 Å². The molecule has 0 aliphatic heterocycles. The number of phenols is 1. The smallest absolute Gasteiger partial charge is 0.129 e. The van der Waals surface area contributed by atoms with E-state index in [0.717, 1.165) is 43.4 Å². The van der Waals surface area contributed by atoms with Crippen LogP contribution < -0.4 is 0 Å². The normalized spacial score (nSPS) is 35.6. The molecule has 3 heteroatoms. The van der Waals surface area contributed by atoms with Gasteiger partial charge in [0.15, 0.2) is 0 Å². The van der Waals surface area contributed by atoms with Gasteiger partial charge in [-0.15, -0.1) is 11.8 Å². The van der Waals surface area contributed by atoms with E-state index in [1.54, 1.807) is 11.8 Å². The lowest BCUT2D eigenvalue weighted by molar-refractivity contribution is -0.102. The van der Waals surface area contributed by atoms with Gasteiger partial charge in [0.25, 0.3) is 0 Å². The monoisotopic (exact) mass is 408 g/mol. The largest absolute Gasteiger partial charge is 0.507 e. The molecule has 3 aliphatic rings. The fourth-order valence-electron chi connectivity index (χ4n) is 7.09. The number of rotatable bonds is 3. The van der Waals surface area contributed by atoms with Crippen LogP contribution >= 0.6 is 11.8 Å². The van der Waals surface area contributed by atoms with Crippen LogP contribution in [0.5, 0.6) is 5.75 Å². The minimum atomic E-state index is -0.594. The highest BCUT2D eigenvalue weighted by Gasteiger charge is 2.61. The minimum absolute atomic E-state index is 0.000761. The van der Waals surface area contributed by atoms with Gasteiger partial charge < -0.3 is 10.2 Å². The van der Waals surface area contributed by atoms with E-state index in [1.165, 1.54) is 23.1 Å². The SMILES string of the molecule is CSc1cc2c(cc1O)CCC1C2CC[C@@]2(C)C1CC[C@@]2(O)Cc1ccccc1. The van der Waals surface area contributed by atoms with E-state index in [-0.39, 0.29) is 5.41 Å². The second-order valence-corrected chi connectivity index (χ2v) is 10.7. The van der Waals surface area contributed by atoms with Gasteiger partial charge in [-0.1, -0.05) is 37.3 Å². The van der Waals surface area contributed by atoms with E-state index in [1.807, 2.05) is 12.3 Å². The zero-order valence-electron chi connectivity index (χ0n) is 17.5. The van der Waals surface area contributed by atoms with Gasteiger partial charge in [-0.05, 0) is 96.8 Å². The van der Waals surface area contributed by atoms with E-state index in [0.29, 0.717) is 23.5 Å². The van der Waals surface area contributed by atoms with Crippen molar-refractivity contribution in [1.82, 2.24) is 0 Å². The van der Waals surface area contributed by atoms with Crippen molar-refractivity contribution in [3.05, 3.63) is 59.2 Å². The van der Waals surface area contributed by atoms with Gasteiger partial charge in [-0.25, -0.2) is 0 Å². The summed E-state index contributed by atoms with van der Waals surface area (Å²) in [5.41, 5.74) is 3.49. The van der Waals surface area contributed by atoms with E-state index in [4.69, 9.17) is 0 Å². The summed E-state index contributed by atoms with van der Waals surface area (Å²) in [6.07, 6.45) is 9.38. The second kappa shape index (κ2) is 7.06. The summed E-state index contributed by atoms with van der Waals surface area (Å²) in [4.78, 5) is 1.00. The molecule has 2 N–H and O–H groups in total. The summed E-state index contributed by atoms with van der Waals surface area (Å²) in [6.45, 7) is 2.38. The van der Waals surface area contributed by atoms with E-state index < -0.39 is 5.60 Å². The van der Waals surface area contributed by atoms with Gasteiger partial charge in [0, 0.05) is 11.3 Å². The number of phenolic OH excluding ortho intramolecular Hbond substituents is 1. The maximum Gasteiger partial charge on any atom is 0.129 e. The lowest BCUT2D eigenvalue weighted by atomic mass is 9.53. The summed E-state index contributed by atoms with van der Waals surface area (Å²) < 4.78 is 0. The van der Waals surface area contributed by atoms with E-state index >= 15 is 0 Å². The molecule has 29 heavy (non-hydrogen) atoms. The highest BCUT2D eigenvalue weighted by molar-refractivity contribution is 7.98. The van der Waals surface area contributed by atoms with Crippen LogP contribution in [0.2, 0.25) is 0 Å². The van der Waals surface area contributed by atoms with Crippen molar-refractivity contribution in [1.29, 1.82) is 0 Å². The lowest BCUT2D eigenvalue weighted by Gasteiger charge is -2.53. The summed E-state index contributed by atoms with van der Waals surface area (Å²) >= 11 is 1.64. The van der Waals surface area contributed by atoms with Crippen LogP contribution in [0, 0.1) is 17.3 Å². The molecule has 154 valence electrons. The Hall–Kier alpha value is -1.45. The molecule has 0 heterocycles. The third kappa shape index (κ3) is 2.96. The first-order chi connectivity index (χ1) is 13.9. The zero-order chi connectivity index (χ0) is 20.2. The fraction of sp³-hybridized carbons (Fsp3) is 0.538. The van der Waals surface area contributed by atoms with Crippen LogP contribution in [0.3, 0.4) is 0 Å². The maximum atomic E-state index is 11.9. The topological polar surface area (TPSA) is 40.5 Å². The molecule has 0 bridgehead atoms. The van der Waals surface area contributed by atoms with Crippen LogP contribution in [0.15, 0.2) is 47.4 Å². The molecule has 3 aliphatic carbocycles. The summed E-state index contributed by atoms with van der Waals surface area (Å²) in [7, 11) is 0. The zero-order valence-corrected chi connectivity index (χ0v) is 18.3. The Morgan fingerprint density at radius 2 is 1.86 bits per heavy atom. The van der Waals surface area contributed by atoms with Gasteiger partial charge in [0.05, 0.1) is 5.60 Å². The molecular formula is C26H32O2S. The average Bonchev–Trinajstić information content (AvgIpc) is 2.98. The predicted octanol–water partition coefficient (Wildman–Crippen LogP) is 5.94. The quantitative estimate of drug-likeness (QED) is 0.617. The fourth-order valence-corrected chi connectivity index (χ4v) is 7.60. The van der Waals surface area contributed by atoms with Gasteiger partial charge in [-0.2, -0.15) is 0 Å². The molecule has 2 saturated carbocycles. The molecule has 0 spiro atoms. The van der Waals surface area contributed by atoms with Gasteiger partial charge in [-0.3, -0.25) is 0 Å². The molecule has 5 atom stereocenters.